The van der Waals surface area contributed by atoms with Crippen molar-refractivity contribution in [1.29, 1.82) is 0 Å². The van der Waals surface area contributed by atoms with Crippen LogP contribution in [0.15, 0.2) is 25.7 Å². The summed E-state index contributed by atoms with van der Waals surface area (Å²) in [6, 6.07) is 2.34. The van der Waals surface area contributed by atoms with Crippen LogP contribution in [-0.4, -0.2) is 28.2 Å². The number of hydrogen-bond donors (Lipinski definition) is 1. The molecule has 106 valence electrons. The van der Waals surface area contributed by atoms with Gasteiger partial charge in [-0.15, -0.1) is 0 Å². The molecule has 2 heterocycles. The summed E-state index contributed by atoms with van der Waals surface area (Å²) in [4.78, 5) is 8.76. The Bertz CT molecular complexity index is 612. The fourth-order valence-electron chi connectivity index (χ4n) is 2.20. The molecule has 20 heavy (non-hydrogen) atoms. The van der Waals surface area contributed by atoms with Crippen molar-refractivity contribution in [2.75, 3.05) is 7.05 Å². The lowest BCUT2D eigenvalue weighted by Gasteiger charge is -2.11. The minimum Gasteiger partial charge on any atom is -0.339 e. The lowest BCUT2D eigenvalue weighted by atomic mass is 10.1. The van der Waals surface area contributed by atoms with E-state index in [9.17, 15) is 0 Å². The van der Waals surface area contributed by atoms with E-state index in [1.165, 1.54) is 12.8 Å². The van der Waals surface area contributed by atoms with Crippen LogP contribution in [-0.2, 0) is 6.42 Å². The molecular formula is C13H14Br2N4O. The van der Waals surface area contributed by atoms with Gasteiger partial charge in [0.15, 0.2) is 0 Å². The van der Waals surface area contributed by atoms with E-state index in [1.807, 2.05) is 13.1 Å². The fraction of sp³-hybridized carbons (Fsp3) is 0.462. The Hall–Kier alpha value is -0.790. The van der Waals surface area contributed by atoms with E-state index >= 15 is 0 Å². The molecule has 5 nitrogen and oxygen atoms in total. The summed E-state index contributed by atoms with van der Waals surface area (Å²) in [5.74, 6) is 1.92. The molecule has 0 radical (unpaired) electrons. The van der Waals surface area contributed by atoms with Gasteiger partial charge in [-0.25, -0.2) is 0 Å². The average molecular weight is 402 g/mol. The molecule has 1 saturated carbocycles. The molecule has 7 heteroatoms. The first-order chi connectivity index (χ1) is 9.67. The number of aromatic nitrogens is 3. The lowest BCUT2D eigenvalue weighted by molar-refractivity contribution is 0.352. The highest BCUT2D eigenvalue weighted by molar-refractivity contribution is 9.11. The molecule has 0 aliphatic heterocycles. The molecule has 0 aromatic carbocycles. The molecule has 2 aromatic heterocycles. The first-order valence-electron chi connectivity index (χ1n) is 6.48. The highest BCUT2D eigenvalue weighted by Gasteiger charge is 2.31. The van der Waals surface area contributed by atoms with Crippen LogP contribution in [0.4, 0.5) is 0 Å². The number of nitrogens with one attached hydrogen (secondary N) is 1. The smallest absolute Gasteiger partial charge is 0.228 e. The summed E-state index contributed by atoms with van der Waals surface area (Å²) in [6.45, 7) is 0. The third-order valence-electron chi connectivity index (χ3n) is 3.44. The average Bonchev–Trinajstić information content (AvgIpc) is 3.16. The number of rotatable bonds is 5. The minimum atomic E-state index is 0.421. The van der Waals surface area contributed by atoms with Gasteiger partial charge in [-0.05, 0) is 63.7 Å². The van der Waals surface area contributed by atoms with Crippen molar-refractivity contribution in [3.05, 3.63) is 27.1 Å². The molecule has 1 aliphatic carbocycles. The quantitative estimate of drug-likeness (QED) is 0.833. The standard InChI is InChI=1S/C13H14Br2N4O/c1-16-10(7-2-3-7)5-11-18-13(19-20-11)12-9(15)4-8(14)6-17-12/h4,6-7,10,16H,2-3,5H2,1H3. The minimum absolute atomic E-state index is 0.421. The first kappa shape index (κ1) is 14.2. The number of pyridine rings is 1. The summed E-state index contributed by atoms with van der Waals surface area (Å²) in [6.07, 6.45) is 5.05. The Morgan fingerprint density at radius 1 is 1.45 bits per heavy atom. The van der Waals surface area contributed by atoms with Crippen LogP contribution in [0.5, 0.6) is 0 Å². The van der Waals surface area contributed by atoms with Crippen LogP contribution in [0.3, 0.4) is 0 Å². The highest BCUT2D eigenvalue weighted by Crippen LogP contribution is 2.34. The topological polar surface area (TPSA) is 63.8 Å². The molecule has 3 rings (SSSR count). The van der Waals surface area contributed by atoms with Crippen LogP contribution in [0, 0.1) is 5.92 Å². The summed E-state index contributed by atoms with van der Waals surface area (Å²) in [7, 11) is 1.98. The predicted molar refractivity (Wildman–Crippen MR) is 82.2 cm³/mol. The van der Waals surface area contributed by atoms with Crippen molar-refractivity contribution in [3.63, 3.8) is 0 Å². The van der Waals surface area contributed by atoms with E-state index in [1.54, 1.807) is 6.20 Å². The van der Waals surface area contributed by atoms with E-state index in [0.717, 1.165) is 21.3 Å². The van der Waals surface area contributed by atoms with Gasteiger partial charge in [-0.3, -0.25) is 4.98 Å². The SMILES string of the molecule is CNC(Cc1nc(-c2ncc(Br)cc2Br)no1)C1CC1. The number of hydrogen-bond acceptors (Lipinski definition) is 5. The molecule has 0 saturated heterocycles. The van der Waals surface area contributed by atoms with Crippen molar-refractivity contribution in [3.8, 4) is 11.5 Å². The number of halogens is 2. The molecule has 2 aromatic rings. The monoisotopic (exact) mass is 400 g/mol. The molecule has 0 amide bonds. The maximum absolute atomic E-state index is 5.34. The maximum atomic E-state index is 5.34. The van der Waals surface area contributed by atoms with Crippen molar-refractivity contribution >= 4 is 31.9 Å². The lowest BCUT2D eigenvalue weighted by Crippen LogP contribution is -2.29. The molecular weight excluding hydrogens is 388 g/mol. The summed E-state index contributed by atoms with van der Waals surface area (Å²) < 4.78 is 7.08. The maximum Gasteiger partial charge on any atom is 0.228 e. The Labute approximate surface area is 133 Å². The molecule has 0 spiro atoms. The van der Waals surface area contributed by atoms with E-state index in [4.69, 9.17) is 4.52 Å². The normalized spacial score (nSPS) is 16.4. The largest absolute Gasteiger partial charge is 0.339 e. The highest BCUT2D eigenvalue weighted by atomic mass is 79.9. The van der Waals surface area contributed by atoms with Crippen molar-refractivity contribution < 1.29 is 4.52 Å². The zero-order chi connectivity index (χ0) is 14.1. The van der Waals surface area contributed by atoms with Gasteiger partial charge in [0.25, 0.3) is 0 Å². The molecule has 0 bridgehead atoms. The van der Waals surface area contributed by atoms with E-state index in [2.05, 4.69) is 52.3 Å². The van der Waals surface area contributed by atoms with Gasteiger partial charge >= 0.3 is 0 Å². The molecule has 1 unspecified atom stereocenters. The number of nitrogens with zero attached hydrogens (tertiary/aromatic N) is 3. The Morgan fingerprint density at radius 3 is 2.90 bits per heavy atom. The van der Waals surface area contributed by atoms with Crippen LogP contribution >= 0.6 is 31.9 Å². The Kier molecular flexibility index (Phi) is 4.18. The van der Waals surface area contributed by atoms with E-state index in [0.29, 0.717) is 23.5 Å². The van der Waals surface area contributed by atoms with Gasteiger partial charge in [0.05, 0.1) is 0 Å². The van der Waals surface area contributed by atoms with Gasteiger partial charge in [0.1, 0.15) is 5.69 Å². The second-order valence-corrected chi connectivity index (χ2v) is 6.70. The third kappa shape index (κ3) is 3.10. The van der Waals surface area contributed by atoms with Gasteiger partial charge < -0.3 is 9.84 Å². The van der Waals surface area contributed by atoms with Gasteiger partial charge in [0, 0.05) is 27.6 Å². The zero-order valence-corrected chi connectivity index (χ0v) is 14.1. The van der Waals surface area contributed by atoms with Gasteiger partial charge in [-0.1, -0.05) is 5.16 Å². The second-order valence-electron chi connectivity index (χ2n) is 4.93. The van der Waals surface area contributed by atoms with Crippen molar-refractivity contribution in [1.82, 2.24) is 20.4 Å². The summed E-state index contributed by atoms with van der Waals surface area (Å²) in [5, 5.41) is 7.34. The van der Waals surface area contributed by atoms with Crippen molar-refractivity contribution in [2.24, 2.45) is 5.92 Å². The predicted octanol–water partition coefficient (Wildman–Crippen LogP) is 3.20. The summed E-state index contributed by atoms with van der Waals surface area (Å²) >= 11 is 6.84. The Balaban J connectivity index is 1.79. The second kappa shape index (κ2) is 5.91. The molecule has 1 N–H and O–H groups in total. The van der Waals surface area contributed by atoms with Crippen LogP contribution < -0.4 is 5.32 Å². The Morgan fingerprint density at radius 2 is 2.25 bits per heavy atom. The molecule has 1 atom stereocenters. The first-order valence-corrected chi connectivity index (χ1v) is 8.07. The van der Waals surface area contributed by atoms with Crippen LogP contribution in [0.25, 0.3) is 11.5 Å². The van der Waals surface area contributed by atoms with Gasteiger partial charge in [-0.2, -0.15) is 4.98 Å². The fourth-order valence-corrected chi connectivity index (χ4v) is 3.37. The van der Waals surface area contributed by atoms with E-state index < -0.39 is 0 Å². The number of likely N-dealkylation sites (N-methyl/N-ethyl adjacent to an activating group) is 1. The molecule has 1 aliphatic rings. The van der Waals surface area contributed by atoms with Crippen LogP contribution in [0.2, 0.25) is 0 Å². The third-order valence-corrected chi connectivity index (χ3v) is 4.48. The van der Waals surface area contributed by atoms with Gasteiger partial charge in [0.2, 0.25) is 11.7 Å². The van der Waals surface area contributed by atoms with Crippen LogP contribution in [0.1, 0.15) is 18.7 Å². The molecule has 1 fully saturated rings. The van der Waals surface area contributed by atoms with Crippen molar-refractivity contribution in [2.45, 2.75) is 25.3 Å². The zero-order valence-electron chi connectivity index (χ0n) is 10.9. The van der Waals surface area contributed by atoms with E-state index in [-0.39, 0.29) is 0 Å². The summed E-state index contributed by atoms with van der Waals surface area (Å²) in [5.41, 5.74) is 0.690.